The van der Waals surface area contributed by atoms with Gasteiger partial charge in [0, 0.05) is 6.04 Å². The molecule has 1 unspecified atom stereocenters. The maximum atomic E-state index is 6.10. The van der Waals surface area contributed by atoms with E-state index >= 15 is 0 Å². The van der Waals surface area contributed by atoms with Gasteiger partial charge in [-0.15, -0.1) is 24.8 Å². The molecule has 0 aliphatic heterocycles. The molecule has 5 heteroatoms. The quantitative estimate of drug-likeness (QED) is 0.143. The van der Waals surface area contributed by atoms with Crippen LogP contribution in [0.3, 0.4) is 0 Å². The average molecular weight is 578 g/mol. The van der Waals surface area contributed by atoms with Gasteiger partial charge in [0.05, 0.1) is 24.9 Å². The number of nitrogens with one attached hydrogen (secondary N) is 1. The highest BCUT2D eigenvalue weighted by atomic mass is 35.5. The summed E-state index contributed by atoms with van der Waals surface area (Å²) in [4.78, 5) is 6.10. The fourth-order valence-corrected chi connectivity index (χ4v) is 6.14. The van der Waals surface area contributed by atoms with Crippen molar-refractivity contribution >= 4 is 30.5 Å². The van der Waals surface area contributed by atoms with Crippen molar-refractivity contribution in [1.82, 2.24) is 5.32 Å². The van der Waals surface area contributed by atoms with E-state index in [2.05, 4.69) is 126 Å². The Bertz CT molecular complexity index is 1190. The Kier molecular flexibility index (Phi) is 12.1. The van der Waals surface area contributed by atoms with Gasteiger partial charge in [-0.25, -0.2) is 0 Å². The van der Waals surface area contributed by atoms with Crippen LogP contribution in [0.15, 0.2) is 109 Å². The SMILES string of the molecule is CCCC(CN(OC)c1cccc2c1CCCC2)NC(c1ccccc1)(c1ccccc1)c1ccccc1.Cl.Cl. The van der Waals surface area contributed by atoms with E-state index in [9.17, 15) is 0 Å². The van der Waals surface area contributed by atoms with Crippen LogP contribution < -0.4 is 10.4 Å². The predicted molar refractivity (Wildman–Crippen MR) is 173 cm³/mol. The summed E-state index contributed by atoms with van der Waals surface area (Å²) in [7, 11) is 1.81. The Labute approximate surface area is 252 Å². The molecule has 40 heavy (non-hydrogen) atoms. The van der Waals surface area contributed by atoms with Crippen LogP contribution in [0.1, 0.15) is 60.4 Å². The number of rotatable bonds is 11. The van der Waals surface area contributed by atoms with Gasteiger partial charge in [0.25, 0.3) is 0 Å². The Hall–Kier alpha value is -2.82. The first-order chi connectivity index (χ1) is 18.8. The van der Waals surface area contributed by atoms with Crippen LogP contribution in [0.25, 0.3) is 0 Å². The Morgan fingerprint density at radius 1 is 0.725 bits per heavy atom. The van der Waals surface area contributed by atoms with E-state index in [4.69, 9.17) is 4.84 Å². The second kappa shape index (κ2) is 15.3. The van der Waals surface area contributed by atoms with E-state index in [1.54, 1.807) is 0 Å². The van der Waals surface area contributed by atoms with Crippen molar-refractivity contribution in [2.45, 2.75) is 57.0 Å². The van der Waals surface area contributed by atoms with Gasteiger partial charge in [0.1, 0.15) is 0 Å². The summed E-state index contributed by atoms with van der Waals surface area (Å²) in [5, 5.41) is 6.34. The summed E-state index contributed by atoms with van der Waals surface area (Å²) in [6.45, 7) is 3.03. The van der Waals surface area contributed by atoms with Gasteiger partial charge in [-0.1, -0.05) is 116 Å². The number of nitrogens with zero attached hydrogens (tertiary/aromatic N) is 1. The van der Waals surface area contributed by atoms with Crippen LogP contribution in [0, 0.1) is 0 Å². The van der Waals surface area contributed by atoms with Gasteiger partial charge in [-0.05, 0) is 66.0 Å². The summed E-state index contributed by atoms with van der Waals surface area (Å²) in [6, 6.07) is 39.5. The molecule has 0 amide bonds. The lowest BCUT2D eigenvalue weighted by atomic mass is 9.76. The first-order valence-electron chi connectivity index (χ1n) is 14.1. The summed E-state index contributed by atoms with van der Waals surface area (Å²) in [5.74, 6) is 0. The number of fused-ring (bicyclic) bond motifs is 1. The van der Waals surface area contributed by atoms with Crippen molar-refractivity contribution in [2.75, 3.05) is 18.7 Å². The molecule has 0 fully saturated rings. The molecule has 0 radical (unpaired) electrons. The smallest absolute Gasteiger partial charge is 0.0950 e. The molecule has 3 nitrogen and oxygen atoms in total. The minimum absolute atomic E-state index is 0. The van der Waals surface area contributed by atoms with E-state index in [1.165, 1.54) is 46.3 Å². The number of aryl methyl sites for hydroxylation is 1. The number of benzene rings is 4. The maximum absolute atomic E-state index is 6.10. The molecule has 1 atom stereocenters. The van der Waals surface area contributed by atoms with Crippen LogP contribution >= 0.6 is 24.8 Å². The average Bonchev–Trinajstić information content (AvgIpc) is 2.99. The molecule has 4 aromatic rings. The summed E-state index contributed by atoms with van der Waals surface area (Å²) in [6.07, 6.45) is 6.92. The van der Waals surface area contributed by atoms with Crippen LogP contribution in [-0.2, 0) is 23.2 Å². The molecule has 1 N–H and O–H groups in total. The van der Waals surface area contributed by atoms with E-state index in [0.717, 1.165) is 32.2 Å². The normalized spacial score (nSPS) is 13.3. The zero-order chi connectivity index (χ0) is 26.2. The second-order valence-corrected chi connectivity index (χ2v) is 10.3. The zero-order valence-electron chi connectivity index (χ0n) is 23.6. The maximum Gasteiger partial charge on any atom is 0.0950 e. The van der Waals surface area contributed by atoms with Crippen molar-refractivity contribution in [3.05, 3.63) is 137 Å². The molecule has 5 rings (SSSR count). The van der Waals surface area contributed by atoms with Crippen molar-refractivity contribution < 1.29 is 4.84 Å². The topological polar surface area (TPSA) is 24.5 Å². The van der Waals surface area contributed by atoms with Crippen molar-refractivity contribution in [2.24, 2.45) is 0 Å². The number of hydrogen-bond acceptors (Lipinski definition) is 3. The number of anilines is 1. The van der Waals surface area contributed by atoms with Gasteiger partial charge >= 0.3 is 0 Å². The fraction of sp³-hybridized carbons (Fsp3) is 0.314. The van der Waals surface area contributed by atoms with E-state index in [1.807, 2.05) is 7.11 Å². The minimum Gasteiger partial charge on any atom is -0.295 e. The third-order valence-corrected chi connectivity index (χ3v) is 7.92. The van der Waals surface area contributed by atoms with Crippen molar-refractivity contribution in [1.29, 1.82) is 0 Å². The van der Waals surface area contributed by atoms with Gasteiger partial charge in [0.15, 0.2) is 0 Å². The first-order valence-corrected chi connectivity index (χ1v) is 14.1. The number of hydrogen-bond donors (Lipinski definition) is 1. The third-order valence-electron chi connectivity index (χ3n) is 7.92. The molecule has 1 aliphatic rings. The van der Waals surface area contributed by atoms with Gasteiger partial charge < -0.3 is 0 Å². The van der Waals surface area contributed by atoms with Crippen LogP contribution in [0.2, 0.25) is 0 Å². The Morgan fingerprint density at radius 2 is 1.25 bits per heavy atom. The van der Waals surface area contributed by atoms with Gasteiger partial charge in [-0.2, -0.15) is 0 Å². The first kappa shape index (κ1) is 31.7. The Balaban J connectivity index is 0.00000220. The molecule has 0 heterocycles. The predicted octanol–water partition coefficient (Wildman–Crippen LogP) is 8.53. The highest BCUT2D eigenvalue weighted by Crippen LogP contribution is 2.38. The van der Waals surface area contributed by atoms with Crippen molar-refractivity contribution in [3.8, 4) is 0 Å². The summed E-state index contributed by atoms with van der Waals surface area (Å²) < 4.78 is 0. The van der Waals surface area contributed by atoms with Crippen LogP contribution in [0.5, 0.6) is 0 Å². The standard InChI is InChI=1S/C35H40N2O.2ClH/c1-3-16-32(27-37(38-2)34-26-15-18-28-17-13-14-25-33(28)34)36-35(29-19-7-4-8-20-29,30-21-9-5-10-22-30)31-23-11-6-12-24-31;;/h4-12,15,18-24,26,32,36H,3,13-14,16-17,25,27H2,1-2H3;2*1H. The number of halogens is 2. The molecule has 212 valence electrons. The molecule has 0 spiro atoms. The molecule has 4 aromatic carbocycles. The third kappa shape index (κ3) is 6.72. The minimum atomic E-state index is -0.501. The van der Waals surface area contributed by atoms with E-state index < -0.39 is 5.54 Å². The molecule has 0 saturated carbocycles. The second-order valence-electron chi connectivity index (χ2n) is 10.3. The fourth-order valence-electron chi connectivity index (χ4n) is 6.14. The van der Waals surface area contributed by atoms with Gasteiger partial charge in [-0.3, -0.25) is 15.2 Å². The van der Waals surface area contributed by atoms with Crippen LogP contribution in [0.4, 0.5) is 5.69 Å². The van der Waals surface area contributed by atoms with E-state index in [-0.39, 0.29) is 30.9 Å². The van der Waals surface area contributed by atoms with E-state index in [0.29, 0.717) is 0 Å². The lowest BCUT2D eigenvalue weighted by molar-refractivity contribution is 0.153. The monoisotopic (exact) mass is 576 g/mol. The summed E-state index contributed by atoms with van der Waals surface area (Å²) in [5.41, 5.74) is 7.36. The largest absolute Gasteiger partial charge is 0.295 e. The highest BCUT2D eigenvalue weighted by molar-refractivity contribution is 5.85. The summed E-state index contributed by atoms with van der Waals surface area (Å²) >= 11 is 0. The number of hydroxylamine groups is 1. The molecule has 1 aliphatic carbocycles. The molecular weight excluding hydrogens is 535 g/mol. The zero-order valence-corrected chi connectivity index (χ0v) is 25.2. The van der Waals surface area contributed by atoms with Crippen molar-refractivity contribution in [3.63, 3.8) is 0 Å². The molecule has 0 aromatic heterocycles. The molecular formula is C35H42Cl2N2O. The molecule has 0 bridgehead atoms. The van der Waals surface area contributed by atoms with Crippen LogP contribution in [-0.4, -0.2) is 19.7 Å². The Morgan fingerprint density at radius 3 is 1.75 bits per heavy atom. The molecule has 0 saturated heterocycles. The highest BCUT2D eigenvalue weighted by Gasteiger charge is 2.38. The van der Waals surface area contributed by atoms with Gasteiger partial charge in [0.2, 0.25) is 0 Å². The lowest BCUT2D eigenvalue weighted by Crippen LogP contribution is -2.53. The lowest BCUT2D eigenvalue weighted by Gasteiger charge is -2.41.